The predicted molar refractivity (Wildman–Crippen MR) is 65.7 cm³/mol. The van der Waals surface area contributed by atoms with Gasteiger partial charge in [-0.1, -0.05) is 20.8 Å². The summed E-state index contributed by atoms with van der Waals surface area (Å²) in [6.45, 7) is 8.20. The normalized spacial score (nSPS) is 14.2. The first-order valence-corrected chi connectivity index (χ1v) is 5.90. The molecule has 6 nitrogen and oxygen atoms in total. The number of carboxylic acid groups (broad SMARTS) is 1. The van der Waals surface area contributed by atoms with E-state index in [1.807, 2.05) is 20.8 Å². The van der Waals surface area contributed by atoms with Crippen molar-refractivity contribution in [2.75, 3.05) is 6.54 Å². The van der Waals surface area contributed by atoms with Gasteiger partial charge in [0.1, 0.15) is 0 Å². The van der Waals surface area contributed by atoms with Crippen LogP contribution in [-0.4, -0.2) is 35.9 Å². The van der Waals surface area contributed by atoms with E-state index in [1.54, 1.807) is 6.92 Å². The van der Waals surface area contributed by atoms with Gasteiger partial charge in [-0.25, -0.2) is 4.79 Å². The van der Waals surface area contributed by atoms with Gasteiger partial charge in [0, 0.05) is 6.54 Å². The molecule has 0 saturated carbocycles. The third-order valence-corrected chi connectivity index (χ3v) is 2.23. The number of carbonyl (C=O) groups excluding carboxylic acids is 1. The van der Waals surface area contributed by atoms with Crippen LogP contribution >= 0.6 is 0 Å². The van der Waals surface area contributed by atoms with E-state index in [1.165, 1.54) is 0 Å². The molecule has 17 heavy (non-hydrogen) atoms. The molecular weight excluding hydrogens is 222 g/mol. The third kappa shape index (κ3) is 7.57. The van der Waals surface area contributed by atoms with Crippen molar-refractivity contribution < 1.29 is 14.7 Å². The van der Waals surface area contributed by atoms with Crippen LogP contribution < -0.4 is 16.0 Å². The average Bonchev–Trinajstić information content (AvgIpc) is 2.23. The highest BCUT2D eigenvalue weighted by Gasteiger charge is 2.17. The summed E-state index contributed by atoms with van der Waals surface area (Å²) in [5, 5.41) is 16.6. The Balaban J connectivity index is 4.07. The van der Waals surface area contributed by atoms with Gasteiger partial charge >= 0.3 is 6.09 Å². The van der Waals surface area contributed by atoms with Gasteiger partial charge in [-0.3, -0.25) is 10.1 Å². The number of rotatable bonds is 7. The van der Waals surface area contributed by atoms with Crippen molar-refractivity contribution in [3.05, 3.63) is 0 Å². The molecule has 0 aromatic heterocycles. The van der Waals surface area contributed by atoms with E-state index in [9.17, 15) is 9.59 Å². The Labute approximate surface area is 102 Å². The van der Waals surface area contributed by atoms with E-state index in [2.05, 4.69) is 16.0 Å². The van der Waals surface area contributed by atoms with Crippen LogP contribution in [0.15, 0.2) is 0 Å². The van der Waals surface area contributed by atoms with Gasteiger partial charge in [0.2, 0.25) is 5.91 Å². The van der Waals surface area contributed by atoms with E-state index in [0.717, 1.165) is 0 Å². The lowest BCUT2D eigenvalue weighted by atomic mass is 10.2. The molecule has 0 spiro atoms. The standard InChI is InChI=1S/C11H23N3O3/c1-5-9(14-11(16)17)13-8(4)10(15)12-6-7(2)3/h7-9,13-14H,5-6H2,1-4H3,(H,12,15)(H,16,17). The molecule has 0 aliphatic rings. The van der Waals surface area contributed by atoms with Crippen LogP contribution in [0, 0.1) is 5.92 Å². The average molecular weight is 245 g/mol. The molecule has 0 aromatic carbocycles. The van der Waals surface area contributed by atoms with Crippen LogP contribution in [0.2, 0.25) is 0 Å². The lowest BCUT2D eigenvalue weighted by molar-refractivity contribution is -0.123. The molecule has 0 aliphatic carbocycles. The molecule has 0 rings (SSSR count). The van der Waals surface area contributed by atoms with Crippen molar-refractivity contribution in [2.24, 2.45) is 5.92 Å². The summed E-state index contributed by atoms with van der Waals surface area (Å²) >= 11 is 0. The van der Waals surface area contributed by atoms with E-state index < -0.39 is 18.3 Å². The van der Waals surface area contributed by atoms with Crippen LogP contribution in [0.5, 0.6) is 0 Å². The van der Waals surface area contributed by atoms with Crippen molar-refractivity contribution in [1.29, 1.82) is 0 Å². The number of hydrogen-bond acceptors (Lipinski definition) is 3. The highest BCUT2D eigenvalue weighted by atomic mass is 16.4. The lowest BCUT2D eigenvalue weighted by Gasteiger charge is -2.22. The summed E-state index contributed by atoms with van der Waals surface area (Å²) in [6, 6.07) is -0.425. The molecule has 4 N–H and O–H groups in total. The maximum absolute atomic E-state index is 11.6. The fraction of sp³-hybridized carbons (Fsp3) is 0.818. The van der Waals surface area contributed by atoms with Crippen molar-refractivity contribution in [1.82, 2.24) is 16.0 Å². The molecule has 2 amide bonds. The Morgan fingerprint density at radius 3 is 2.24 bits per heavy atom. The van der Waals surface area contributed by atoms with Crippen LogP contribution in [0.3, 0.4) is 0 Å². The van der Waals surface area contributed by atoms with Gasteiger partial charge in [-0.05, 0) is 19.3 Å². The Kier molecular flexibility index (Phi) is 7.29. The molecule has 0 bridgehead atoms. The second kappa shape index (κ2) is 7.89. The highest BCUT2D eigenvalue weighted by Crippen LogP contribution is 1.93. The van der Waals surface area contributed by atoms with Gasteiger partial charge in [0.15, 0.2) is 0 Å². The topological polar surface area (TPSA) is 90.5 Å². The van der Waals surface area contributed by atoms with Crippen molar-refractivity contribution >= 4 is 12.0 Å². The Bertz CT molecular complexity index is 256. The maximum atomic E-state index is 11.6. The summed E-state index contributed by atoms with van der Waals surface area (Å²) in [6.07, 6.45) is -0.930. The summed E-state index contributed by atoms with van der Waals surface area (Å²) in [5.41, 5.74) is 0. The smallest absolute Gasteiger partial charge is 0.405 e. The first kappa shape index (κ1) is 15.7. The zero-order valence-electron chi connectivity index (χ0n) is 10.9. The zero-order chi connectivity index (χ0) is 13.4. The molecular formula is C11H23N3O3. The van der Waals surface area contributed by atoms with Crippen LogP contribution in [0.4, 0.5) is 4.79 Å². The van der Waals surface area contributed by atoms with E-state index in [0.29, 0.717) is 18.9 Å². The molecule has 0 saturated heterocycles. The van der Waals surface area contributed by atoms with Crippen molar-refractivity contribution in [3.63, 3.8) is 0 Å². The first-order chi connectivity index (χ1) is 7.86. The molecule has 0 radical (unpaired) electrons. The fourth-order valence-electron chi connectivity index (χ4n) is 1.25. The molecule has 0 heterocycles. The van der Waals surface area contributed by atoms with Gasteiger partial charge < -0.3 is 15.7 Å². The number of nitrogens with one attached hydrogen (secondary N) is 3. The minimum absolute atomic E-state index is 0.121. The van der Waals surface area contributed by atoms with E-state index in [-0.39, 0.29) is 5.91 Å². The SMILES string of the molecule is CCC(NC(=O)O)NC(C)C(=O)NCC(C)C. The molecule has 0 aliphatic heterocycles. The van der Waals surface area contributed by atoms with Crippen LogP contribution in [-0.2, 0) is 4.79 Å². The number of amides is 2. The van der Waals surface area contributed by atoms with Crippen LogP contribution in [0.25, 0.3) is 0 Å². The van der Waals surface area contributed by atoms with Crippen molar-refractivity contribution in [2.45, 2.75) is 46.3 Å². The largest absolute Gasteiger partial charge is 0.465 e. The van der Waals surface area contributed by atoms with Gasteiger partial charge in [-0.15, -0.1) is 0 Å². The predicted octanol–water partition coefficient (Wildman–Crippen LogP) is 0.740. The Morgan fingerprint density at radius 2 is 1.82 bits per heavy atom. The molecule has 2 unspecified atom stereocenters. The summed E-state index contributed by atoms with van der Waals surface area (Å²) in [7, 11) is 0. The maximum Gasteiger partial charge on any atom is 0.405 e. The van der Waals surface area contributed by atoms with Crippen LogP contribution in [0.1, 0.15) is 34.1 Å². The Hall–Kier alpha value is -1.30. The van der Waals surface area contributed by atoms with Gasteiger partial charge in [-0.2, -0.15) is 0 Å². The molecule has 6 heteroatoms. The molecule has 100 valence electrons. The third-order valence-electron chi connectivity index (χ3n) is 2.23. The second-order valence-electron chi connectivity index (χ2n) is 4.44. The van der Waals surface area contributed by atoms with Crippen molar-refractivity contribution in [3.8, 4) is 0 Å². The molecule has 0 aromatic rings. The number of carbonyl (C=O) groups is 2. The quantitative estimate of drug-likeness (QED) is 0.498. The first-order valence-electron chi connectivity index (χ1n) is 5.90. The van der Waals surface area contributed by atoms with Gasteiger partial charge in [0.25, 0.3) is 0 Å². The minimum atomic E-state index is -1.10. The van der Waals surface area contributed by atoms with E-state index in [4.69, 9.17) is 5.11 Å². The lowest BCUT2D eigenvalue weighted by Crippen LogP contribution is -2.53. The fourth-order valence-corrected chi connectivity index (χ4v) is 1.25. The summed E-state index contributed by atoms with van der Waals surface area (Å²) in [5.74, 6) is 0.273. The molecule has 2 atom stereocenters. The Morgan fingerprint density at radius 1 is 1.24 bits per heavy atom. The minimum Gasteiger partial charge on any atom is -0.465 e. The highest BCUT2D eigenvalue weighted by molar-refractivity contribution is 5.81. The monoisotopic (exact) mass is 245 g/mol. The zero-order valence-corrected chi connectivity index (χ0v) is 10.9. The van der Waals surface area contributed by atoms with Gasteiger partial charge in [0.05, 0.1) is 12.2 Å². The molecule has 0 fully saturated rings. The van der Waals surface area contributed by atoms with E-state index >= 15 is 0 Å². The number of hydrogen-bond donors (Lipinski definition) is 4. The summed E-state index contributed by atoms with van der Waals surface area (Å²) in [4.78, 5) is 22.1. The second-order valence-corrected chi connectivity index (χ2v) is 4.44. The summed E-state index contributed by atoms with van der Waals surface area (Å²) < 4.78 is 0.